The zero-order valence-corrected chi connectivity index (χ0v) is 13.0. The number of thioether (sulfide) groups is 1. The molecule has 2 fully saturated rings. The van der Waals surface area contributed by atoms with Crippen LogP contribution in [0, 0.1) is 11.8 Å². The van der Waals surface area contributed by atoms with Gasteiger partial charge in [-0.2, -0.15) is 11.8 Å². The molecule has 1 saturated carbocycles. The average Bonchev–Trinajstić information content (AvgIpc) is 2.32. The maximum Gasteiger partial charge on any atom is 0.0685 e. The van der Waals surface area contributed by atoms with E-state index in [0.29, 0.717) is 11.6 Å². The highest BCUT2D eigenvalue weighted by atomic mass is 32.2. The third-order valence-corrected chi connectivity index (χ3v) is 5.98. The van der Waals surface area contributed by atoms with E-state index in [0.717, 1.165) is 18.4 Å². The topological polar surface area (TPSA) is 21.3 Å². The molecule has 0 amide bonds. The van der Waals surface area contributed by atoms with Gasteiger partial charge in [-0.15, -0.1) is 0 Å². The number of hydrogen-bond donors (Lipinski definition) is 1. The van der Waals surface area contributed by atoms with E-state index in [1.54, 1.807) is 0 Å². The van der Waals surface area contributed by atoms with Gasteiger partial charge in [-0.3, -0.25) is 0 Å². The summed E-state index contributed by atoms with van der Waals surface area (Å²) in [6.07, 6.45) is 6.52. The van der Waals surface area contributed by atoms with Crippen molar-refractivity contribution in [2.24, 2.45) is 11.8 Å². The summed E-state index contributed by atoms with van der Waals surface area (Å²) >= 11 is 2.11. The van der Waals surface area contributed by atoms with Crippen LogP contribution < -0.4 is 5.32 Å². The fourth-order valence-corrected chi connectivity index (χ4v) is 4.51. The van der Waals surface area contributed by atoms with Crippen molar-refractivity contribution in [2.75, 3.05) is 25.2 Å². The lowest BCUT2D eigenvalue weighted by molar-refractivity contribution is -0.146. The molecular weight excluding hydrogens is 242 g/mol. The molecule has 1 spiro atoms. The van der Waals surface area contributed by atoms with E-state index in [1.807, 2.05) is 0 Å². The number of rotatable bonds is 6. The monoisotopic (exact) mass is 271 g/mol. The van der Waals surface area contributed by atoms with E-state index in [-0.39, 0.29) is 0 Å². The smallest absolute Gasteiger partial charge is 0.0685 e. The summed E-state index contributed by atoms with van der Waals surface area (Å²) in [7, 11) is 2.13. The van der Waals surface area contributed by atoms with Crippen molar-refractivity contribution in [1.82, 2.24) is 5.32 Å². The first-order valence-corrected chi connectivity index (χ1v) is 8.70. The van der Waals surface area contributed by atoms with Crippen LogP contribution in [0.2, 0.25) is 0 Å². The van der Waals surface area contributed by atoms with Gasteiger partial charge in [0.05, 0.1) is 5.60 Å². The zero-order valence-electron chi connectivity index (χ0n) is 12.2. The molecule has 0 bridgehead atoms. The van der Waals surface area contributed by atoms with Crippen LogP contribution in [0.1, 0.15) is 46.0 Å². The third kappa shape index (κ3) is 3.64. The van der Waals surface area contributed by atoms with Crippen LogP contribution in [-0.2, 0) is 4.74 Å². The lowest BCUT2D eigenvalue weighted by Crippen LogP contribution is -2.50. The van der Waals surface area contributed by atoms with Crippen molar-refractivity contribution in [3.8, 4) is 0 Å². The highest BCUT2D eigenvalue weighted by Gasteiger charge is 2.43. The van der Waals surface area contributed by atoms with Crippen molar-refractivity contribution in [2.45, 2.75) is 57.6 Å². The fourth-order valence-electron chi connectivity index (χ4n) is 3.21. The third-order valence-electron chi connectivity index (χ3n) is 4.48. The highest BCUT2D eigenvalue weighted by molar-refractivity contribution is 7.99. The van der Waals surface area contributed by atoms with Crippen LogP contribution in [0.3, 0.4) is 0 Å². The maximum atomic E-state index is 6.03. The largest absolute Gasteiger partial charge is 0.375 e. The molecule has 0 aromatic rings. The van der Waals surface area contributed by atoms with Crippen molar-refractivity contribution in [3.05, 3.63) is 0 Å². The lowest BCUT2D eigenvalue weighted by Gasteiger charge is -2.48. The minimum absolute atomic E-state index is 0.292. The number of ether oxygens (including phenoxy) is 1. The van der Waals surface area contributed by atoms with Crippen LogP contribution in [0.15, 0.2) is 0 Å². The van der Waals surface area contributed by atoms with Crippen LogP contribution in [0.4, 0.5) is 0 Å². The molecule has 0 radical (unpaired) electrons. The van der Waals surface area contributed by atoms with Crippen molar-refractivity contribution in [1.29, 1.82) is 0 Å². The Labute approximate surface area is 117 Å². The molecule has 1 N–H and O–H groups in total. The second-order valence-electron chi connectivity index (χ2n) is 6.46. The Morgan fingerprint density at radius 1 is 1.33 bits per heavy atom. The Kier molecular flexibility index (Phi) is 5.40. The molecule has 2 rings (SSSR count). The van der Waals surface area contributed by atoms with Crippen molar-refractivity contribution in [3.63, 3.8) is 0 Å². The van der Waals surface area contributed by atoms with Gasteiger partial charge in [0.1, 0.15) is 0 Å². The van der Waals surface area contributed by atoms with Crippen LogP contribution in [-0.4, -0.2) is 36.8 Å². The summed E-state index contributed by atoms with van der Waals surface area (Å²) in [5.74, 6) is 4.17. The molecule has 2 aliphatic rings. The van der Waals surface area contributed by atoms with Gasteiger partial charge in [-0.1, -0.05) is 13.8 Å². The molecule has 1 heterocycles. The molecule has 2 unspecified atom stereocenters. The molecule has 0 aromatic heterocycles. The minimum Gasteiger partial charge on any atom is -0.375 e. The Bertz CT molecular complexity index is 253. The maximum absolute atomic E-state index is 6.03. The molecule has 2 nitrogen and oxygen atoms in total. The quantitative estimate of drug-likeness (QED) is 0.801. The summed E-state index contributed by atoms with van der Waals surface area (Å²) in [6.45, 7) is 5.59. The van der Waals surface area contributed by atoms with Gasteiger partial charge in [0.2, 0.25) is 0 Å². The molecule has 106 valence electrons. The second kappa shape index (κ2) is 6.62. The van der Waals surface area contributed by atoms with E-state index in [9.17, 15) is 0 Å². The van der Waals surface area contributed by atoms with Gasteiger partial charge in [0.25, 0.3) is 0 Å². The van der Waals surface area contributed by atoms with E-state index in [4.69, 9.17) is 4.74 Å². The van der Waals surface area contributed by atoms with Gasteiger partial charge in [0, 0.05) is 18.4 Å². The van der Waals surface area contributed by atoms with Crippen LogP contribution in [0.25, 0.3) is 0 Å². The van der Waals surface area contributed by atoms with Crippen molar-refractivity contribution >= 4 is 11.8 Å². The molecule has 3 heteroatoms. The second-order valence-corrected chi connectivity index (χ2v) is 7.54. The van der Waals surface area contributed by atoms with E-state index in [2.05, 4.69) is 38.0 Å². The Morgan fingerprint density at radius 3 is 2.67 bits per heavy atom. The van der Waals surface area contributed by atoms with E-state index in [1.165, 1.54) is 43.6 Å². The first-order chi connectivity index (χ1) is 8.65. The van der Waals surface area contributed by atoms with Gasteiger partial charge in [-0.05, 0) is 56.7 Å². The normalized spacial score (nSPS) is 28.3. The number of nitrogens with one attached hydrogen (secondary N) is 1. The molecule has 1 saturated heterocycles. The van der Waals surface area contributed by atoms with Gasteiger partial charge < -0.3 is 10.1 Å². The summed E-state index contributed by atoms with van der Waals surface area (Å²) in [5.41, 5.74) is 0.292. The molecule has 1 aliphatic heterocycles. The van der Waals surface area contributed by atoms with Crippen molar-refractivity contribution < 1.29 is 4.74 Å². The van der Waals surface area contributed by atoms with E-state index < -0.39 is 0 Å². The highest BCUT2D eigenvalue weighted by Crippen LogP contribution is 2.45. The summed E-state index contributed by atoms with van der Waals surface area (Å²) in [5, 5.41) is 3.56. The average molecular weight is 271 g/mol. The first kappa shape index (κ1) is 14.7. The predicted molar refractivity (Wildman–Crippen MR) is 80.3 cm³/mol. The lowest BCUT2D eigenvalue weighted by atomic mass is 9.70. The zero-order chi connectivity index (χ0) is 13.0. The molecule has 18 heavy (non-hydrogen) atoms. The molecule has 2 atom stereocenters. The summed E-state index contributed by atoms with van der Waals surface area (Å²) < 4.78 is 6.03. The standard InChI is InChI=1S/C15H29NOS/c1-12(2)10-18-11-14(16-3)13-5-8-17-15(9-13)6-4-7-15/h12-14,16H,4-11H2,1-3H3. The fraction of sp³-hybridized carbons (Fsp3) is 1.00. The van der Waals surface area contributed by atoms with Gasteiger partial charge in [-0.25, -0.2) is 0 Å². The van der Waals surface area contributed by atoms with Gasteiger partial charge >= 0.3 is 0 Å². The minimum atomic E-state index is 0.292. The molecular formula is C15H29NOS. The SMILES string of the molecule is CNC(CSCC(C)C)C1CCOC2(CCC2)C1. The Hall–Kier alpha value is 0.270. The predicted octanol–water partition coefficient (Wildman–Crippen LogP) is 3.31. The molecule has 0 aromatic carbocycles. The summed E-state index contributed by atoms with van der Waals surface area (Å²) in [6, 6.07) is 0.676. The van der Waals surface area contributed by atoms with E-state index >= 15 is 0 Å². The summed E-state index contributed by atoms with van der Waals surface area (Å²) in [4.78, 5) is 0. The Balaban J connectivity index is 1.79. The van der Waals surface area contributed by atoms with Crippen LogP contribution >= 0.6 is 11.8 Å². The molecule has 1 aliphatic carbocycles. The first-order valence-electron chi connectivity index (χ1n) is 7.54. The Morgan fingerprint density at radius 2 is 2.11 bits per heavy atom. The van der Waals surface area contributed by atoms with Gasteiger partial charge in [0.15, 0.2) is 0 Å². The number of hydrogen-bond acceptors (Lipinski definition) is 3. The van der Waals surface area contributed by atoms with Crippen LogP contribution in [0.5, 0.6) is 0 Å².